The Morgan fingerprint density at radius 2 is 1.90 bits per heavy atom. The largest absolute Gasteiger partial charge is 0.379 e. The molecule has 1 aliphatic rings. The lowest BCUT2D eigenvalue weighted by Gasteiger charge is -2.20. The Hall–Kier alpha value is -3.55. The van der Waals surface area contributed by atoms with Crippen molar-refractivity contribution in [3.8, 4) is 11.3 Å². The van der Waals surface area contributed by atoms with Gasteiger partial charge in [0.1, 0.15) is 11.6 Å². The molecule has 1 atom stereocenters. The van der Waals surface area contributed by atoms with Gasteiger partial charge in [0.2, 0.25) is 11.5 Å². The number of imidazole rings is 1. The van der Waals surface area contributed by atoms with Gasteiger partial charge in [0, 0.05) is 24.6 Å². The highest BCUT2D eigenvalue weighted by molar-refractivity contribution is 6.07. The number of nitrogens with one attached hydrogen (secondary N) is 1. The lowest BCUT2D eigenvalue weighted by Crippen LogP contribution is -2.41. The molecule has 3 aromatic rings. The predicted octanol–water partition coefficient (Wildman–Crippen LogP) is 3.89. The summed E-state index contributed by atoms with van der Waals surface area (Å²) in [6.45, 7) is 1.59. The predicted molar refractivity (Wildman–Crippen MR) is 104 cm³/mol. The third kappa shape index (κ3) is 3.49. The minimum absolute atomic E-state index is 0.120. The second kappa shape index (κ2) is 7.12. The van der Waals surface area contributed by atoms with Gasteiger partial charge in [-0.05, 0) is 37.3 Å². The molecule has 8 heteroatoms. The summed E-state index contributed by atoms with van der Waals surface area (Å²) >= 11 is 0. The number of benzene rings is 2. The number of aromatic nitrogens is 2. The van der Waals surface area contributed by atoms with E-state index in [1.54, 1.807) is 55.1 Å². The van der Waals surface area contributed by atoms with Gasteiger partial charge in [0.15, 0.2) is 0 Å². The van der Waals surface area contributed by atoms with Crippen LogP contribution in [0.5, 0.6) is 0 Å². The molecule has 0 fully saturated rings. The number of carbonyl (C=O) groups is 1. The van der Waals surface area contributed by atoms with E-state index in [0.29, 0.717) is 22.9 Å². The Bertz CT molecular complexity index is 1110. The number of rotatable bonds is 4. The van der Waals surface area contributed by atoms with Gasteiger partial charge in [-0.3, -0.25) is 10.1 Å². The maximum absolute atomic E-state index is 14.0. The van der Waals surface area contributed by atoms with Crippen molar-refractivity contribution in [3.05, 3.63) is 71.9 Å². The van der Waals surface area contributed by atoms with Crippen LogP contribution in [0.2, 0.25) is 0 Å². The second-order valence-electron chi connectivity index (χ2n) is 7.00. The van der Waals surface area contributed by atoms with Gasteiger partial charge < -0.3 is 9.40 Å². The van der Waals surface area contributed by atoms with Crippen LogP contribution in [-0.2, 0) is 16.7 Å². The third-order valence-electron chi connectivity index (χ3n) is 4.88. The van der Waals surface area contributed by atoms with Crippen LogP contribution in [0.1, 0.15) is 18.9 Å². The molecular weight excluding hydrogens is 378 g/mol. The van der Waals surface area contributed by atoms with Gasteiger partial charge in [-0.2, -0.15) is 0 Å². The fraction of sp³-hybridized carbons (Fsp3) is 0.190. The molecule has 2 heterocycles. The maximum Gasteiger partial charge on any atom is 0.273 e. The smallest absolute Gasteiger partial charge is 0.273 e. The topological polar surface area (TPSA) is 68.5 Å². The van der Waals surface area contributed by atoms with E-state index in [1.807, 2.05) is 0 Å². The number of halogens is 2. The highest BCUT2D eigenvalue weighted by Gasteiger charge is 2.43. The van der Waals surface area contributed by atoms with E-state index in [2.05, 4.69) is 15.5 Å². The molecule has 29 heavy (non-hydrogen) atoms. The number of anilines is 1. The van der Waals surface area contributed by atoms with E-state index in [0.717, 1.165) is 5.56 Å². The quantitative estimate of drug-likeness (QED) is 0.728. The molecule has 2 aromatic carbocycles. The average Bonchev–Trinajstić information content (AvgIpc) is 3.27. The van der Waals surface area contributed by atoms with E-state index >= 15 is 0 Å². The molecule has 0 bridgehead atoms. The van der Waals surface area contributed by atoms with Gasteiger partial charge in [-0.1, -0.05) is 23.4 Å². The summed E-state index contributed by atoms with van der Waals surface area (Å²) < 4.78 is 28.8. The van der Waals surface area contributed by atoms with Crippen LogP contribution in [0.4, 0.5) is 14.7 Å². The molecule has 1 aliphatic heterocycles. The van der Waals surface area contributed by atoms with Gasteiger partial charge in [-0.15, -0.1) is 0 Å². The Morgan fingerprint density at radius 1 is 1.17 bits per heavy atom. The summed E-state index contributed by atoms with van der Waals surface area (Å²) in [6.07, 6.45) is 1.71. The number of hydrogen-bond acceptors (Lipinski definition) is 4. The Kier molecular flexibility index (Phi) is 4.62. The second-order valence-corrected chi connectivity index (χ2v) is 7.00. The minimum Gasteiger partial charge on any atom is -0.379 e. The number of oxime groups is 1. The molecule has 0 aliphatic carbocycles. The van der Waals surface area contributed by atoms with Crippen molar-refractivity contribution in [2.75, 3.05) is 5.32 Å². The maximum atomic E-state index is 14.0. The van der Waals surface area contributed by atoms with Crippen molar-refractivity contribution >= 4 is 17.6 Å². The van der Waals surface area contributed by atoms with Crippen molar-refractivity contribution < 1.29 is 18.4 Å². The van der Waals surface area contributed by atoms with Crippen LogP contribution >= 0.6 is 0 Å². The Labute approximate surface area is 165 Å². The van der Waals surface area contributed by atoms with Crippen LogP contribution in [0.15, 0.2) is 59.9 Å². The highest BCUT2D eigenvalue weighted by Crippen LogP contribution is 2.29. The zero-order chi connectivity index (χ0) is 20.6. The lowest BCUT2D eigenvalue weighted by atomic mass is 9.95. The molecule has 1 N–H and O–H groups in total. The van der Waals surface area contributed by atoms with Crippen molar-refractivity contribution in [1.82, 2.24) is 9.55 Å². The van der Waals surface area contributed by atoms with Gasteiger partial charge in [0.25, 0.3) is 5.91 Å². The molecule has 6 nitrogen and oxygen atoms in total. The van der Waals surface area contributed by atoms with Crippen LogP contribution < -0.4 is 5.32 Å². The van der Waals surface area contributed by atoms with Gasteiger partial charge in [0.05, 0.1) is 17.6 Å². The van der Waals surface area contributed by atoms with E-state index < -0.39 is 17.3 Å². The molecule has 1 amide bonds. The van der Waals surface area contributed by atoms with Crippen LogP contribution in [0.3, 0.4) is 0 Å². The molecule has 0 saturated heterocycles. The molecule has 4 rings (SSSR count). The molecule has 0 unspecified atom stereocenters. The SMILES string of the molecule is Cn1c(-c2ccc(F)cc2)cnc1NC(=O)[C@]1(C)CC(c2ccccc2F)=NO1. The summed E-state index contributed by atoms with van der Waals surface area (Å²) in [5.41, 5.74) is 0.850. The first-order valence-electron chi connectivity index (χ1n) is 8.96. The monoisotopic (exact) mass is 396 g/mol. The third-order valence-corrected chi connectivity index (χ3v) is 4.88. The van der Waals surface area contributed by atoms with E-state index in [-0.39, 0.29) is 12.2 Å². The van der Waals surface area contributed by atoms with Gasteiger partial charge in [-0.25, -0.2) is 13.8 Å². The van der Waals surface area contributed by atoms with Crippen LogP contribution in [0, 0.1) is 11.6 Å². The zero-order valence-corrected chi connectivity index (χ0v) is 15.8. The van der Waals surface area contributed by atoms with Crippen LogP contribution in [0.25, 0.3) is 11.3 Å². The minimum atomic E-state index is -1.29. The van der Waals surface area contributed by atoms with E-state index in [9.17, 15) is 13.6 Å². The summed E-state index contributed by atoms with van der Waals surface area (Å²) in [5.74, 6) is -0.903. The fourth-order valence-electron chi connectivity index (χ4n) is 3.15. The van der Waals surface area contributed by atoms with Gasteiger partial charge >= 0.3 is 0 Å². The van der Waals surface area contributed by atoms with Crippen molar-refractivity contribution in [2.45, 2.75) is 18.9 Å². The van der Waals surface area contributed by atoms with Crippen molar-refractivity contribution in [1.29, 1.82) is 0 Å². The molecule has 0 saturated carbocycles. The molecule has 0 radical (unpaired) electrons. The molecule has 148 valence electrons. The molecule has 1 aromatic heterocycles. The molecular formula is C21H18F2N4O2. The van der Waals surface area contributed by atoms with Crippen molar-refractivity contribution in [2.24, 2.45) is 12.2 Å². The number of amides is 1. The lowest BCUT2D eigenvalue weighted by molar-refractivity contribution is -0.136. The first kappa shape index (κ1) is 18.8. The number of nitrogens with zero attached hydrogens (tertiary/aromatic N) is 3. The zero-order valence-electron chi connectivity index (χ0n) is 15.8. The Morgan fingerprint density at radius 3 is 2.62 bits per heavy atom. The summed E-state index contributed by atoms with van der Waals surface area (Å²) in [5, 5.41) is 6.65. The van der Waals surface area contributed by atoms with E-state index in [4.69, 9.17) is 4.84 Å². The normalized spacial score (nSPS) is 18.3. The first-order valence-corrected chi connectivity index (χ1v) is 8.96. The molecule has 0 spiro atoms. The number of carbonyl (C=O) groups excluding carboxylic acids is 1. The standard InChI is InChI=1S/C21H18F2N4O2/c1-21(11-17(26-29-21)15-5-3-4-6-16(15)23)19(28)25-20-24-12-18(27(20)2)13-7-9-14(22)10-8-13/h3-10,12H,11H2,1-2H3,(H,24,25,28)/t21-/m0/s1. The number of hydrogen-bond donors (Lipinski definition) is 1. The summed E-state index contributed by atoms with van der Waals surface area (Å²) in [4.78, 5) is 22.4. The highest BCUT2D eigenvalue weighted by atomic mass is 19.1. The summed E-state index contributed by atoms with van der Waals surface area (Å²) in [7, 11) is 1.74. The fourth-order valence-corrected chi connectivity index (χ4v) is 3.15. The van der Waals surface area contributed by atoms with E-state index in [1.165, 1.54) is 18.2 Å². The van der Waals surface area contributed by atoms with Crippen LogP contribution in [-0.4, -0.2) is 26.8 Å². The Balaban J connectivity index is 1.50. The summed E-state index contributed by atoms with van der Waals surface area (Å²) in [6, 6.07) is 12.2. The van der Waals surface area contributed by atoms with Crippen molar-refractivity contribution in [3.63, 3.8) is 0 Å². The average molecular weight is 396 g/mol. The first-order chi connectivity index (χ1) is 13.9.